The van der Waals surface area contributed by atoms with Gasteiger partial charge in [-0.1, -0.05) is 6.08 Å². The second kappa shape index (κ2) is 7.86. The molecule has 1 aliphatic heterocycles. The first-order valence-corrected chi connectivity index (χ1v) is 8.01. The molecule has 88 valence electrons. The Morgan fingerprint density at radius 2 is 2.40 bits per heavy atom. The molecule has 0 aromatic carbocycles. The number of hydrogen-bond acceptors (Lipinski definition) is 5. The zero-order chi connectivity index (χ0) is 11.1. The van der Waals surface area contributed by atoms with Crippen molar-refractivity contribution >= 4 is 30.4 Å². The van der Waals surface area contributed by atoms with Crippen LogP contribution >= 0.6 is 30.4 Å². The van der Waals surface area contributed by atoms with Crippen molar-refractivity contribution < 1.29 is 18.8 Å². The summed E-state index contributed by atoms with van der Waals surface area (Å²) in [5.41, 5.74) is 0. The van der Waals surface area contributed by atoms with Gasteiger partial charge in [-0.05, 0) is 0 Å². The molecule has 1 N–H and O–H groups in total. The lowest BCUT2D eigenvalue weighted by Crippen LogP contribution is -2.39. The number of aliphatic hydroxyl groups excluding tert-OH is 1. The number of aliphatic hydroxyl groups is 1. The molecule has 0 radical (unpaired) electrons. The first-order chi connectivity index (χ1) is 7.26. The van der Waals surface area contributed by atoms with Crippen LogP contribution in [-0.4, -0.2) is 36.8 Å². The molecule has 3 atom stereocenters. The molecule has 1 heterocycles. The van der Waals surface area contributed by atoms with E-state index in [9.17, 15) is 5.11 Å². The highest BCUT2D eigenvalue weighted by Gasteiger charge is 2.28. The third-order valence-corrected chi connectivity index (χ3v) is 3.03. The lowest BCUT2D eigenvalue weighted by atomic mass is 10.1. The number of ether oxygens (including phenoxy) is 2. The minimum atomic E-state index is -0.374. The van der Waals surface area contributed by atoms with Gasteiger partial charge < -0.3 is 18.8 Å². The molecule has 0 amide bonds. The molecular formula is C9H15IO4S. The van der Waals surface area contributed by atoms with Crippen LogP contribution in [0.1, 0.15) is 12.8 Å². The average Bonchev–Trinajstić information content (AvgIpc) is 2.23. The van der Waals surface area contributed by atoms with E-state index in [2.05, 4.69) is 6.58 Å². The first-order valence-electron chi connectivity index (χ1n) is 4.72. The van der Waals surface area contributed by atoms with E-state index in [1.807, 2.05) is 21.2 Å². The first kappa shape index (κ1) is 13.7. The van der Waals surface area contributed by atoms with E-state index in [0.717, 1.165) is 0 Å². The van der Waals surface area contributed by atoms with Gasteiger partial charge in [0.05, 0.1) is 34.6 Å². The lowest BCUT2D eigenvalue weighted by molar-refractivity contribution is -0.214. The zero-order valence-corrected chi connectivity index (χ0v) is 11.3. The van der Waals surface area contributed by atoms with Crippen molar-refractivity contribution in [1.29, 1.82) is 0 Å². The quantitative estimate of drug-likeness (QED) is 0.453. The predicted molar refractivity (Wildman–Crippen MR) is 67.6 cm³/mol. The van der Waals surface area contributed by atoms with Crippen molar-refractivity contribution in [2.24, 2.45) is 0 Å². The summed E-state index contributed by atoms with van der Waals surface area (Å²) in [7, 11) is 1.27. The molecule has 0 saturated carbocycles. The zero-order valence-electron chi connectivity index (χ0n) is 8.30. The van der Waals surface area contributed by atoms with Gasteiger partial charge in [0.25, 0.3) is 0 Å². The number of hydrogen-bond donors (Lipinski definition) is 1. The summed E-state index contributed by atoms with van der Waals surface area (Å²) in [6.07, 6.45) is 1.97. The summed E-state index contributed by atoms with van der Waals surface area (Å²) in [5.74, 6) is 0. The van der Waals surface area contributed by atoms with E-state index in [-0.39, 0.29) is 18.5 Å². The minimum absolute atomic E-state index is 0.0918. The molecule has 15 heavy (non-hydrogen) atoms. The fourth-order valence-corrected chi connectivity index (χ4v) is 2.08. The Bertz CT molecular complexity index is 193. The third-order valence-electron chi connectivity index (χ3n) is 2.04. The summed E-state index contributed by atoms with van der Waals surface area (Å²) in [6.45, 7) is 4.47. The van der Waals surface area contributed by atoms with Gasteiger partial charge >= 0.3 is 0 Å². The minimum Gasteiger partial charge on any atom is -0.393 e. The van der Waals surface area contributed by atoms with E-state index in [0.29, 0.717) is 26.1 Å². The molecule has 0 aliphatic carbocycles. The van der Waals surface area contributed by atoms with E-state index in [4.69, 9.17) is 13.7 Å². The molecule has 0 bridgehead atoms. The third kappa shape index (κ3) is 5.50. The van der Waals surface area contributed by atoms with Crippen molar-refractivity contribution in [2.45, 2.75) is 31.3 Å². The molecule has 0 spiro atoms. The molecule has 6 heteroatoms. The molecule has 1 fully saturated rings. The number of rotatable bonds is 6. The lowest BCUT2D eigenvalue weighted by Gasteiger charge is -2.32. The van der Waals surface area contributed by atoms with Crippen LogP contribution in [0, 0.1) is 0 Å². The van der Waals surface area contributed by atoms with Gasteiger partial charge in [-0.2, -0.15) is 0 Å². The van der Waals surface area contributed by atoms with E-state index in [1.165, 1.54) is 9.21 Å². The maximum atomic E-state index is 9.60. The largest absolute Gasteiger partial charge is 0.393 e. The normalized spacial score (nSPS) is 31.5. The Labute approximate surface area is 106 Å². The van der Waals surface area contributed by atoms with E-state index < -0.39 is 0 Å². The maximum Gasteiger partial charge on any atom is 0.160 e. The fraction of sp³-hybridized carbons (Fsp3) is 0.778. The van der Waals surface area contributed by atoms with Crippen molar-refractivity contribution in [3.63, 3.8) is 0 Å². The molecular weight excluding hydrogens is 331 g/mol. The highest BCUT2D eigenvalue weighted by molar-refractivity contribution is 14.2. The van der Waals surface area contributed by atoms with Crippen LogP contribution in [0.4, 0.5) is 0 Å². The summed E-state index contributed by atoms with van der Waals surface area (Å²) in [6, 6.07) is 0. The smallest absolute Gasteiger partial charge is 0.160 e. The Hall–Kier alpha value is 0.660. The van der Waals surface area contributed by atoms with E-state index in [1.54, 1.807) is 6.08 Å². The van der Waals surface area contributed by atoms with Crippen molar-refractivity contribution in [3.8, 4) is 0 Å². The van der Waals surface area contributed by atoms with Crippen molar-refractivity contribution in [2.75, 3.05) is 13.2 Å². The Balaban J connectivity index is 2.30. The molecule has 1 saturated heterocycles. The second-order valence-electron chi connectivity index (χ2n) is 3.28. The monoisotopic (exact) mass is 346 g/mol. The topological polar surface area (TPSA) is 47.9 Å². The highest BCUT2D eigenvalue weighted by atomic mass is 127. The van der Waals surface area contributed by atoms with Gasteiger partial charge in [0, 0.05) is 34.0 Å². The number of halogens is 1. The molecule has 4 nitrogen and oxygen atoms in total. The van der Waals surface area contributed by atoms with Crippen LogP contribution in [0.3, 0.4) is 0 Å². The maximum absolute atomic E-state index is 9.60. The van der Waals surface area contributed by atoms with Crippen LogP contribution in [0.25, 0.3) is 0 Å². The molecule has 1 rings (SSSR count). The summed E-state index contributed by atoms with van der Waals surface area (Å²) in [4.78, 5) is 0. The van der Waals surface area contributed by atoms with Crippen molar-refractivity contribution in [3.05, 3.63) is 12.7 Å². The van der Waals surface area contributed by atoms with Crippen LogP contribution in [-0.2, 0) is 13.7 Å². The van der Waals surface area contributed by atoms with Gasteiger partial charge in [-0.15, -0.1) is 6.58 Å². The van der Waals surface area contributed by atoms with Gasteiger partial charge in [0.2, 0.25) is 0 Å². The Kier molecular flexibility index (Phi) is 7.19. The molecule has 0 aromatic rings. The molecule has 0 aromatic heterocycles. The summed E-state index contributed by atoms with van der Waals surface area (Å²) < 4.78 is 16.1. The van der Waals surface area contributed by atoms with Gasteiger partial charge in [0.1, 0.15) is 0 Å². The van der Waals surface area contributed by atoms with Crippen LogP contribution in [0.2, 0.25) is 0 Å². The SMILES string of the molecule is C=CCOC1CC(O)CC(COSI)O1. The van der Waals surface area contributed by atoms with E-state index >= 15 is 0 Å². The van der Waals surface area contributed by atoms with Crippen LogP contribution in [0.15, 0.2) is 12.7 Å². The van der Waals surface area contributed by atoms with Crippen molar-refractivity contribution in [1.82, 2.24) is 0 Å². The summed E-state index contributed by atoms with van der Waals surface area (Å²) >= 11 is 2.05. The fourth-order valence-electron chi connectivity index (χ4n) is 1.44. The van der Waals surface area contributed by atoms with Crippen LogP contribution < -0.4 is 0 Å². The standard InChI is InChI=1S/C9H15IO4S/c1-2-3-12-9-5-7(11)4-8(14-9)6-13-15-10/h2,7-9,11H,1,3-6H2. The molecule has 1 aliphatic rings. The Morgan fingerprint density at radius 3 is 3.07 bits per heavy atom. The Morgan fingerprint density at radius 1 is 1.60 bits per heavy atom. The second-order valence-corrected chi connectivity index (χ2v) is 4.72. The molecule has 3 unspecified atom stereocenters. The van der Waals surface area contributed by atoms with Gasteiger partial charge in [0.15, 0.2) is 6.29 Å². The van der Waals surface area contributed by atoms with Crippen LogP contribution in [0.5, 0.6) is 0 Å². The average molecular weight is 346 g/mol. The van der Waals surface area contributed by atoms with Gasteiger partial charge in [-0.3, -0.25) is 0 Å². The highest BCUT2D eigenvalue weighted by Crippen LogP contribution is 2.23. The predicted octanol–water partition coefficient (Wildman–Crippen LogP) is 2.07. The summed E-state index contributed by atoms with van der Waals surface area (Å²) in [5, 5.41) is 9.60. The van der Waals surface area contributed by atoms with Gasteiger partial charge in [-0.25, -0.2) is 0 Å².